The third kappa shape index (κ3) is 2.35. The van der Waals surface area contributed by atoms with Crippen molar-refractivity contribution in [2.75, 3.05) is 19.6 Å². The Balaban J connectivity index is 1.75. The average Bonchev–Trinajstić information content (AvgIpc) is 2.95. The van der Waals surface area contributed by atoms with Crippen molar-refractivity contribution < 1.29 is 9.18 Å². The van der Waals surface area contributed by atoms with Crippen molar-refractivity contribution in [3.63, 3.8) is 0 Å². The molecule has 1 aromatic rings. The zero-order valence-corrected chi connectivity index (χ0v) is 11.3. The van der Waals surface area contributed by atoms with Gasteiger partial charge in [-0.25, -0.2) is 4.39 Å². The van der Waals surface area contributed by atoms with Crippen molar-refractivity contribution in [1.29, 1.82) is 0 Å². The van der Waals surface area contributed by atoms with Gasteiger partial charge in [-0.3, -0.25) is 4.79 Å². The summed E-state index contributed by atoms with van der Waals surface area (Å²) in [6.07, 6.45) is 1.09. The number of carbonyl (C=O) groups is 1. The molecule has 2 aliphatic rings. The zero-order valence-electron chi connectivity index (χ0n) is 10.5. The Morgan fingerprint density at radius 1 is 1.47 bits per heavy atom. The molecule has 0 aliphatic carbocycles. The lowest BCUT2D eigenvalue weighted by molar-refractivity contribution is -0.131. The summed E-state index contributed by atoms with van der Waals surface area (Å²) >= 11 is 5.97. The molecular formula is C14H16ClFN2O. The second kappa shape index (κ2) is 5.10. The second-order valence-electron chi connectivity index (χ2n) is 5.24. The highest BCUT2D eigenvalue weighted by Crippen LogP contribution is 2.28. The van der Waals surface area contributed by atoms with Crippen LogP contribution in [-0.4, -0.2) is 36.5 Å². The van der Waals surface area contributed by atoms with E-state index in [1.807, 2.05) is 4.90 Å². The number of carbonyl (C=O) groups excluding carboxylic acids is 1. The molecule has 2 saturated heterocycles. The van der Waals surface area contributed by atoms with Crippen LogP contribution >= 0.6 is 11.6 Å². The first kappa shape index (κ1) is 12.9. The number of hydrogen-bond donors (Lipinski definition) is 1. The van der Waals surface area contributed by atoms with Crippen LogP contribution in [0.4, 0.5) is 4.39 Å². The Labute approximate surface area is 116 Å². The smallest absolute Gasteiger partial charge is 0.227 e. The number of nitrogens with zero attached hydrogens (tertiary/aromatic N) is 1. The Bertz CT molecular complexity index is 488. The Morgan fingerprint density at radius 2 is 2.32 bits per heavy atom. The second-order valence-corrected chi connectivity index (χ2v) is 5.65. The monoisotopic (exact) mass is 282 g/mol. The van der Waals surface area contributed by atoms with E-state index in [9.17, 15) is 9.18 Å². The summed E-state index contributed by atoms with van der Waals surface area (Å²) < 4.78 is 13.7. The van der Waals surface area contributed by atoms with Crippen molar-refractivity contribution in [1.82, 2.24) is 10.2 Å². The fourth-order valence-electron chi connectivity index (χ4n) is 3.11. The van der Waals surface area contributed by atoms with E-state index in [2.05, 4.69) is 5.32 Å². The van der Waals surface area contributed by atoms with Crippen molar-refractivity contribution >= 4 is 17.5 Å². The number of benzene rings is 1. The van der Waals surface area contributed by atoms with E-state index in [0.29, 0.717) is 16.5 Å². The van der Waals surface area contributed by atoms with Gasteiger partial charge in [0.2, 0.25) is 5.91 Å². The van der Waals surface area contributed by atoms with E-state index in [-0.39, 0.29) is 18.4 Å². The summed E-state index contributed by atoms with van der Waals surface area (Å²) in [6.45, 7) is 2.61. The summed E-state index contributed by atoms with van der Waals surface area (Å²) in [5, 5.41) is 3.63. The molecule has 0 bridgehead atoms. The molecule has 3 rings (SSSR count). The molecule has 0 aromatic heterocycles. The molecule has 19 heavy (non-hydrogen) atoms. The molecule has 2 fully saturated rings. The van der Waals surface area contributed by atoms with Gasteiger partial charge in [0.25, 0.3) is 0 Å². The number of rotatable bonds is 2. The van der Waals surface area contributed by atoms with Crippen LogP contribution in [-0.2, 0) is 11.2 Å². The molecule has 2 atom stereocenters. The molecule has 5 heteroatoms. The molecule has 1 amide bonds. The summed E-state index contributed by atoms with van der Waals surface area (Å²) in [6, 6.07) is 4.80. The number of halogens is 2. The van der Waals surface area contributed by atoms with Crippen LogP contribution in [0.25, 0.3) is 0 Å². The predicted molar refractivity (Wildman–Crippen MR) is 71.6 cm³/mol. The van der Waals surface area contributed by atoms with Gasteiger partial charge in [0, 0.05) is 36.3 Å². The van der Waals surface area contributed by atoms with Gasteiger partial charge < -0.3 is 10.2 Å². The Morgan fingerprint density at radius 3 is 3.11 bits per heavy atom. The highest BCUT2D eigenvalue weighted by molar-refractivity contribution is 6.31. The summed E-state index contributed by atoms with van der Waals surface area (Å²) in [4.78, 5) is 14.2. The van der Waals surface area contributed by atoms with Crippen LogP contribution in [0, 0.1) is 11.7 Å². The van der Waals surface area contributed by atoms with Gasteiger partial charge in [0.1, 0.15) is 5.82 Å². The zero-order chi connectivity index (χ0) is 13.4. The lowest BCUT2D eigenvalue weighted by Gasteiger charge is -2.23. The molecule has 0 spiro atoms. The highest BCUT2D eigenvalue weighted by Gasteiger charge is 2.39. The molecule has 102 valence electrons. The molecular weight excluding hydrogens is 267 g/mol. The minimum Gasteiger partial charge on any atom is -0.338 e. The minimum absolute atomic E-state index is 0.0248. The van der Waals surface area contributed by atoms with Crippen LogP contribution in [0.5, 0.6) is 0 Å². The van der Waals surface area contributed by atoms with E-state index in [4.69, 9.17) is 11.6 Å². The largest absolute Gasteiger partial charge is 0.338 e. The van der Waals surface area contributed by atoms with Gasteiger partial charge in [0.05, 0.1) is 6.42 Å². The molecule has 0 unspecified atom stereocenters. The molecule has 0 radical (unpaired) electrons. The molecule has 3 nitrogen and oxygen atoms in total. The maximum atomic E-state index is 13.7. The third-order valence-corrected chi connectivity index (χ3v) is 4.51. The van der Waals surface area contributed by atoms with Crippen LogP contribution < -0.4 is 5.32 Å². The van der Waals surface area contributed by atoms with E-state index in [0.717, 1.165) is 26.1 Å². The van der Waals surface area contributed by atoms with Crippen molar-refractivity contribution in [2.45, 2.75) is 18.9 Å². The average molecular weight is 283 g/mol. The number of fused-ring (bicyclic) bond motifs is 1. The summed E-state index contributed by atoms with van der Waals surface area (Å²) in [7, 11) is 0. The quantitative estimate of drug-likeness (QED) is 0.898. The standard InChI is InChI=1S/C14H16ClFN2O/c15-11-2-1-3-12(16)10(11)6-14(19)18-5-4-9-7-17-8-13(9)18/h1-3,9,13,17H,4-8H2/t9-,13+/m0/s1. The van der Waals surface area contributed by atoms with E-state index in [1.165, 1.54) is 6.07 Å². The molecule has 1 aromatic carbocycles. The first-order chi connectivity index (χ1) is 9.16. The van der Waals surface area contributed by atoms with Gasteiger partial charge >= 0.3 is 0 Å². The van der Waals surface area contributed by atoms with Gasteiger partial charge in [-0.2, -0.15) is 0 Å². The van der Waals surface area contributed by atoms with Gasteiger partial charge in [-0.15, -0.1) is 0 Å². The molecule has 2 heterocycles. The Kier molecular flexibility index (Phi) is 3.46. The van der Waals surface area contributed by atoms with Gasteiger partial charge in [-0.1, -0.05) is 17.7 Å². The molecule has 2 aliphatic heterocycles. The van der Waals surface area contributed by atoms with Crippen LogP contribution in [0.15, 0.2) is 18.2 Å². The van der Waals surface area contributed by atoms with Crippen molar-refractivity contribution in [3.05, 3.63) is 34.6 Å². The molecule has 0 saturated carbocycles. The van der Waals surface area contributed by atoms with Gasteiger partial charge in [-0.05, 0) is 24.5 Å². The summed E-state index contributed by atoms with van der Waals surface area (Å²) in [5.41, 5.74) is 0.309. The lowest BCUT2D eigenvalue weighted by Crippen LogP contribution is -2.40. The van der Waals surface area contributed by atoms with Crippen LogP contribution in [0.3, 0.4) is 0 Å². The normalized spacial score (nSPS) is 25.7. The van der Waals surface area contributed by atoms with E-state index in [1.54, 1.807) is 12.1 Å². The molecule has 1 N–H and O–H groups in total. The highest BCUT2D eigenvalue weighted by atomic mass is 35.5. The first-order valence-electron chi connectivity index (χ1n) is 6.60. The Hall–Kier alpha value is -1.13. The first-order valence-corrected chi connectivity index (χ1v) is 6.97. The minimum atomic E-state index is -0.402. The number of hydrogen-bond acceptors (Lipinski definition) is 2. The van der Waals surface area contributed by atoms with Crippen LogP contribution in [0.2, 0.25) is 5.02 Å². The maximum absolute atomic E-state index is 13.7. The topological polar surface area (TPSA) is 32.3 Å². The fraction of sp³-hybridized carbons (Fsp3) is 0.500. The third-order valence-electron chi connectivity index (χ3n) is 4.16. The van der Waals surface area contributed by atoms with Crippen molar-refractivity contribution in [3.8, 4) is 0 Å². The van der Waals surface area contributed by atoms with Gasteiger partial charge in [0.15, 0.2) is 0 Å². The summed E-state index contributed by atoms with van der Waals surface area (Å²) in [5.74, 6) is 0.129. The van der Waals surface area contributed by atoms with Crippen LogP contribution in [0.1, 0.15) is 12.0 Å². The lowest BCUT2D eigenvalue weighted by atomic mass is 10.0. The predicted octanol–water partition coefficient (Wildman–Crippen LogP) is 1.84. The van der Waals surface area contributed by atoms with E-state index < -0.39 is 5.82 Å². The SMILES string of the molecule is O=C(Cc1c(F)cccc1Cl)N1CC[C@H]2CNC[C@H]21. The fourth-order valence-corrected chi connectivity index (χ4v) is 3.34. The number of likely N-dealkylation sites (tertiary alicyclic amines) is 1. The maximum Gasteiger partial charge on any atom is 0.227 e. The van der Waals surface area contributed by atoms with Crippen molar-refractivity contribution in [2.24, 2.45) is 5.92 Å². The van der Waals surface area contributed by atoms with E-state index >= 15 is 0 Å². The number of amides is 1. The number of nitrogens with one attached hydrogen (secondary N) is 1.